The monoisotopic (exact) mass is 264 g/mol. The van der Waals surface area contributed by atoms with E-state index < -0.39 is 0 Å². The zero-order valence-electron chi connectivity index (χ0n) is 11.4. The molecule has 0 saturated carbocycles. The molecule has 1 unspecified atom stereocenters. The zero-order chi connectivity index (χ0) is 14.0. The quantitative estimate of drug-likeness (QED) is 0.511. The summed E-state index contributed by atoms with van der Waals surface area (Å²) in [7, 11) is 2.10. The summed E-state index contributed by atoms with van der Waals surface area (Å²) < 4.78 is 0. The second-order valence-corrected chi connectivity index (χ2v) is 4.96. The van der Waals surface area contributed by atoms with Gasteiger partial charge < -0.3 is 10.6 Å². The summed E-state index contributed by atoms with van der Waals surface area (Å²) in [5, 5.41) is 11.2. The molecular weight excluding hydrogens is 244 g/mol. The van der Waals surface area contributed by atoms with Crippen LogP contribution in [0.3, 0.4) is 0 Å². The summed E-state index contributed by atoms with van der Waals surface area (Å²) in [4.78, 5) is 15.2. The van der Waals surface area contributed by atoms with Gasteiger partial charge >= 0.3 is 5.69 Å². The maximum absolute atomic E-state index is 11.2. The van der Waals surface area contributed by atoms with Crippen molar-refractivity contribution in [3.63, 3.8) is 0 Å². The Bertz CT molecular complexity index is 478. The number of likely N-dealkylation sites (N-methyl/N-ethyl adjacent to an activating group) is 1. The van der Waals surface area contributed by atoms with Crippen molar-refractivity contribution in [2.24, 2.45) is 0 Å². The molecule has 0 spiro atoms. The van der Waals surface area contributed by atoms with E-state index in [4.69, 9.17) is 5.73 Å². The highest BCUT2D eigenvalue weighted by Crippen LogP contribution is 2.34. The molecule has 1 aliphatic heterocycles. The predicted molar refractivity (Wildman–Crippen MR) is 76.4 cm³/mol. The Morgan fingerprint density at radius 2 is 2.21 bits per heavy atom. The molecule has 104 valence electrons. The molecule has 1 saturated heterocycles. The first kappa shape index (κ1) is 13.6. The van der Waals surface area contributed by atoms with E-state index in [9.17, 15) is 10.1 Å². The third-order valence-electron chi connectivity index (χ3n) is 3.82. The van der Waals surface area contributed by atoms with E-state index in [1.165, 1.54) is 0 Å². The minimum atomic E-state index is -0.385. The van der Waals surface area contributed by atoms with Crippen LogP contribution in [-0.4, -0.2) is 42.5 Å². The van der Waals surface area contributed by atoms with Crippen LogP contribution in [0, 0.1) is 10.1 Å². The van der Waals surface area contributed by atoms with Gasteiger partial charge in [-0.05, 0) is 25.6 Å². The van der Waals surface area contributed by atoms with Gasteiger partial charge in [0.2, 0.25) is 0 Å². The lowest BCUT2D eigenvalue weighted by Crippen LogP contribution is -2.51. The van der Waals surface area contributed by atoms with Crippen LogP contribution >= 0.6 is 0 Å². The second-order valence-electron chi connectivity index (χ2n) is 4.96. The molecule has 2 N–H and O–H groups in total. The van der Waals surface area contributed by atoms with Crippen molar-refractivity contribution in [2.75, 3.05) is 37.3 Å². The third kappa shape index (κ3) is 2.63. The summed E-state index contributed by atoms with van der Waals surface area (Å²) in [6, 6.07) is 5.56. The first-order valence-electron chi connectivity index (χ1n) is 6.52. The molecule has 0 bridgehead atoms. The minimum absolute atomic E-state index is 0.0295. The van der Waals surface area contributed by atoms with Crippen molar-refractivity contribution < 1.29 is 4.92 Å². The van der Waals surface area contributed by atoms with Crippen LogP contribution in [0.5, 0.6) is 0 Å². The lowest BCUT2D eigenvalue weighted by Gasteiger charge is -2.40. The topological polar surface area (TPSA) is 75.6 Å². The van der Waals surface area contributed by atoms with E-state index in [1.807, 2.05) is 0 Å². The maximum Gasteiger partial charge on any atom is 0.315 e. The molecular formula is C13H20N4O2. The van der Waals surface area contributed by atoms with Gasteiger partial charge in [0.1, 0.15) is 11.4 Å². The van der Waals surface area contributed by atoms with E-state index in [1.54, 1.807) is 18.2 Å². The Morgan fingerprint density at radius 3 is 2.84 bits per heavy atom. The SMILES string of the molecule is CCC1CN(c2cccc(N)c2[N+](=O)[O-])CCN1C. The van der Waals surface area contributed by atoms with Crippen LogP contribution in [-0.2, 0) is 0 Å². The summed E-state index contributed by atoms with van der Waals surface area (Å²) >= 11 is 0. The molecule has 0 amide bonds. The molecule has 0 radical (unpaired) electrons. The number of nitro benzene ring substituents is 1. The number of nitrogens with two attached hydrogens (primary N) is 1. The fourth-order valence-corrected chi connectivity index (χ4v) is 2.61. The van der Waals surface area contributed by atoms with Crippen molar-refractivity contribution >= 4 is 17.1 Å². The van der Waals surface area contributed by atoms with Crippen molar-refractivity contribution in [2.45, 2.75) is 19.4 Å². The van der Waals surface area contributed by atoms with Gasteiger partial charge in [-0.15, -0.1) is 0 Å². The lowest BCUT2D eigenvalue weighted by atomic mass is 10.1. The molecule has 1 fully saturated rings. The van der Waals surface area contributed by atoms with Gasteiger partial charge in [-0.25, -0.2) is 0 Å². The highest BCUT2D eigenvalue weighted by atomic mass is 16.6. The Hall–Kier alpha value is -1.82. The molecule has 2 rings (SSSR count). The van der Waals surface area contributed by atoms with Crippen LogP contribution in [0.1, 0.15) is 13.3 Å². The standard InChI is InChI=1S/C13H20N4O2/c1-3-10-9-16(8-7-15(10)2)12-6-4-5-11(14)13(12)17(18)19/h4-6,10H,3,7-9,14H2,1-2H3. The molecule has 1 aromatic carbocycles. The van der Waals surface area contributed by atoms with Gasteiger partial charge in [0, 0.05) is 25.7 Å². The zero-order valence-corrected chi connectivity index (χ0v) is 11.4. The number of nitrogens with zero attached hydrogens (tertiary/aromatic N) is 3. The Balaban J connectivity index is 2.32. The number of piperazine rings is 1. The highest BCUT2D eigenvalue weighted by molar-refractivity contribution is 5.75. The van der Waals surface area contributed by atoms with Crippen molar-refractivity contribution in [3.05, 3.63) is 28.3 Å². The molecule has 0 aromatic heterocycles. The minimum Gasteiger partial charge on any atom is -0.393 e. The number of hydrogen-bond acceptors (Lipinski definition) is 5. The van der Waals surface area contributed by atoms with E-state index in [0.29, 0.717) is 11.7 Å². The third-order valence-corrected chi connectivity index (χ3v) is 3.82. The smallest absolute Gasteiger partial charge is 0.315 e. The van der Waals surface area contributed by atoms with E-state index in [0.717, 1.165) is 26.1 Å². The summed E-state index contributed by atoms with van der Waals surface area (Å²) in [5.74, 6) is 0. The Labute approximate surface area is 112 Å². The summed E-state index contributed by atoms with van der Waals surface area (Å²) in [6.07, 6.45) is 1.03. The van der Waals surface area contributed by atoms with Gasteiger partial charge in [0.15, 0.2) is 0 Å². The van der Waals surface area contributed by atoms with Crippen LogP contribution in [0.15, 0.2) is 18.2 Å². The predicted octanol–water partition coefficient (Wildman–Crippen LogP) is 1.71. The van der Waals surface area contributed by atoms with Gasteiger partial charge in [0.25, 0.3) is 0 Å². The highest BCUT2D eigenvalue weighted by Gasteiger charge is 2.28. The van der Waals surface area contributed by atoms with E-state index in [-0.39, 0.29) is 16.3 Å². The Morgan fingerprint density at radius 1 is 1.47 bits per heavy atom. The van der Waals surface area contributed by atoms with Crippen LogP contribution < -0.4 is 10.6 Å². The molecule has 1 aliphatic rings. The maximum atomic E-state index is 11.2. The molecule has 1 atom stereocenters. The molecule has 1 heterocycles. The van der Waals surface area contributed by atoms with Crippen LogP contribution in [0.4, 0.5) is 17.1 Å². The van der Waals surface area contributed by atoms with Gasteiger partial charge in [-0.2, -0.15) is 0 Å². The average molecular weight is 264 g/mol. The van der Waals surface area contributed by atoms with E-state index >= 15 is 0 Å². The van der Waals surface area contributed by atoms with Crippen LogP contribution in [0.25, 0.3) is 0 Å². The normalized spacial score (nSPS) is 20.5. The molecule has 0 aliphatic carbocycles. The van der Waals surface area contributed by atoms with Crippen molar-refractivity contribution in [1.82, 2.24) is 4.90 Å². The van der Waals surface area contributed by atoms with Crippen molar-refractivity contribution in [3.8, 4) is 0 Å². The fourth-order valence-electron chi connectivity index (χ4n) is 2.61. The fraction of sp³-hybridized carbons (Fsp3) is 0.538. The number of nitro groups is 1. The largest absolute Gasteiger partial charge is 0.393 e. The van der Waals surface area contributed by atoms with Crippen LogP contribution in [0.2, 0.25) is 0 Å². The number of nitrogen functional groups attached to an aromatic ring is 1. The Kier molecular flexibility index (Phi) is 3.90. The molecule has 19 heavy (non-hydrogen) atoms. The summed E-state index contributed by atoms with van der Waals surface area (Å²) in [6.45, 7) is 4.64. The number of para-hydroxylation sites is 1. The van der Waals surface area contributed by atoms with Crippen molar-refractivity contribution in [1.29, 1.82) is 0 Å². The lowest BCUT2D eigenvalue weighted by molar-refractivity contribution is -0.383. The first-order chi connectivity index (χ1) is 9.04. The molecule has 6 heteroatoms. The number of benzene rings is 1. The first-order valence-corrected chi connectivity index (χ1v) is 6.52. The van der Waals surface area contributed by atoms with E-state index in [2.05, 4.69) is 23.8 Å². The molecule has 6 nitrogen and oxygen atoms in total. The number of rotatable bonds is 3. The van der Waals surface area contributed by atoms with Gasteiger partial charge in [-0.3, -0.25) is 15.0 Å². The second kappa shape index (κ2) is 5.44. The number of anilines is 2. The van der Waals surface area contributed by atoms with Gasteiger partial charge in [0.05, 0.1) is 4.92 Å². The average Bonchev–Trinajstić information content (AvgIpc) is 2.38. The molecule has 1 aromatic rings. The van der Waals surface area contributed by atoms with Gasteiger partial charge in [-0.1, -0.05) is 13.0 Å². The number of hydrogen-bond donors (Lipinski definition) is 1. The summed E-state index contributed by atoms with van der Waals surface area (Å²) in [5.41, 5.74) is 6.64.